The molecule has 16 heteroatoms. The summed E-state index contributed by atoms with van der Waals surface area (Å²) in [6, 6.07) is 28.2. The number of nitriles is 1. The van der Waals surface area contributed by atoms with Gasteiger partial charge in [-0.2, -0.15) is 5.26 Å². The highest BCUT2D eigenvalue weighted by molar-refractivity contribution is 7.44. The molecule has 0 radical (unpaired) electrons. The van der Waals surface area contributed by atoms with E-state index in [0.717, 1.165) is 47.1 Å². The zero-order valence-corrected chi connectivity index (χ0v) is 37.3. The minimum atomic E-state index is -1.69. The lowest BCUT2D eigenvalue weighted by molar-refractivity contribution is -0.0117. The number of aromatic nitrogens is 4. The lowest BCUT2D eigenvalue weighted by Gasteiger charge is -2.36. The summed E-state index contributed by atoms with van der Waals surface area (Å²) in [4.78, 5) is 21.0. The van der Waals surface area contributed by atoms with Crippen LogP contribution < -0.4 is 9.47 Å². The van der Waals surface area contributed by atoms with Crippen LogP contribution >= 0.6 is 8.53 Å². The van der Waals surface area contributed by atoms with Crippen molar-refractivity contribution in [3.05, 3.63) is 120 Å². The van der Waals surface area contributed by atoms with Gasteiger partial charge in [-0.1, -0.05) is 54.6 Å². The molecule has 0 bridgehead atoms. The van der Waals surface area contributed by atoms with Crippen molar-refractivity contribution in [2.75, 3.05) is 53.7 Å². The van der Waals surface area contributed by atoms with E-state index in [0.29, 0.717) is 48.1 Å². The van der Waals surface area contributed by atoms with E-state index in [1.807, 2.05) is 78.2 Å². The van der Waals surface area contributed by atoms with Gasteiger partial charge in [-0.25, -0.2) is 24.6 Å². The SMILES string of the molecule is COc1ccc(C(OCC2=C(OP(OCCC#N)N(C(C)C)C(C)C)C[C@H](n3cnc4c(N=C(C)N5CCOCC5)ncnc43)O2)(c2ccccc2)c2ccc(OC)cc2)cc1. The number of amidine groups is 1. The van der Waals surface area contributed by atoms with Gasteiger partial charge in [0.25, 0.3) is 0 Å². The molecule has 62 heavy (non-hydrogen) atoms. The van der Waals surface area contributed by atoms with Gasteiger partial charge in [0.2, 0.25) is 0 Å². The van der Waals surface area contributed by atoms with Gasteiger partial charge in [0.05, 0.1) is 53.0 Å². The molecule has 326 valence electrons. The first-order chi connectivity index (χ1) is 30.2. The molecular formula is C46H55N8O7P. The number of fused-ring (bicyclic) bond motifs is 1. The molecule has 4 heterocycles. The Labute approximate surface area is 364 Å². The van der Waals surface area contributed by atoms with Gasteiger partial charge < -0.3 is 37.6 Å². The molecule has 5 aromatic rings. The van der Waals surface area contributed by atoms with Gasteiger partial charge in [-0.05, 0) is 75.6 Å². The van der Waals surface area contributed by atoms with Crippen LogP contribution in [-0.4, -0.2) is 101 Å². The zero-order valence-electron chi connectivity index (χ0n) is 36.4. The predicted octanol–water partition coefficient (Wildman–Crippen LogP) is 8.66. The van der Waals surface area contributed by atoms with Crippen molar-refractivity contribution in [1.29, 1.82) is 5.26 Å². The van der Waals surface area contributed by atoms with Gasteiger partial charge in [-0.15, -0.1) is 0 Å². The highest BCUT2D eigenvalue weighted by atomic mass is 31.2. The average molecular weight is 863 g/mol. The maximum absolute atomic E-state index is 9.44. The lowest BCUT2D eigenvalue weighted by atomic mass is 9.80. The second kappa shape index (κ2) is 20.5. The minimum absolute atomic E-state index is 0.000582. The van der Waals surface area contributed by atoms with Crippen molar-refractivity contribution in [3.8, 4) is 17.6 Å². The Morgan fingerprint density at radius 1 is 0.903 bits per heavy atom. The van der Waals surface area contributed by atoms with Crippen LogP contribution in [0.4, 0.5) is 5.82 Å². The van der Waals surface area contributed by atoms with Crippen molar-refractivity contribution < 1.29 is 32.7 Å². The highest BCUT2D eigenvalue weighted by Crippen LogP contribution is 2.52. The predicted molar refractivity (Wildman–Crippen MR) is 237 cm³/mol. The summed E-state index contributed by atoms with van der Waals surface area (Å²) in [5.74, 6) is 3.78. The molecule has 0 N–H and O–H groups in total. The Morgan fingerprint density at radius 2 is 1.53 bits per heavy atom. The third kappa shape index (κ3) is 9.70. The summed E-state index contributed by atoms with van der Waals surface area (Å²) >= 11 is 0. The molecule has 2 aliphatic heterocycles. The van der Waals surface area contributed by atoms with Crippen LogP contribution in [0.25, 0.3) is 11.2 Å². The van der Waals surface area contributed by atoms with Crippen LogP contribution in [0.3, 0.4) is 0 Å². The summed E-state index contributed by atoms with van der Waals surface area (Å²) in [5.41, 5.74) is 2.63. The van der Waals surface area contributed by atoms with Gasteiger partial charge in [0.15, 0.2) is 34.7 Å². The quantitative estimate of drug-likeness (QED) is 0.0272. The summed E-state index contributed by atoms with van der Waals surface area (Å²) in [5, 5.41) is 9.44. The summed E-state index contributed by atoms with van der Waals surface area (Å²) in [7, 11) is 1.61. The van der Waals surface area contributed by atoms with E-state index < -0.39 is 20.4 Å². The van der Waals surface area contributed by atoms with Crippen LogP contribution in [0.15, 0.2) is 108 Å². The molecule has 1 fully saturated rings. The fourth-order valence-corrected chi connectivity index (χ4v) is 9.42. The average Bonchev–Trinajstić information content (AvgIpc) is 3.92. The molecule has 3 aromatic carbocycles. The number of rotatable bonds is 18. The van der Waals surface area contributed by atoms with Crippen LogP contribution in [-0.2, 0) is 28.9 Å². The maximum Gasteiger partial charge on any atom is 0.321 e. The molecule has 0 spiro atoms. The minimum Gasteiger partial charge on any atom is -0.497 e. The van der Waals surface area contributed by atoms with Crippen LogP contribution in [0.5, 0.6) is 11.5 Å². The number of ether oxygens (including phenoxy) is 5. The van der Waals surface area contributed by atoms with Gasteiger partial charge >= 0.3 is 8.53 Å². The van der Waals surface area contributed by atoms with E-state index in [1.54, 1.807) is 20.5 Å². The number of morpholine rings is 1. The summed E-state index contributed by atoms with van der Waals surface area (Å²) < 4.78 is 48.4. The molecule has 2 aromatic heterocycles. The summed E-state index contributed by atoms with van der Waals surface area (Å²) in [6.07, 6.45) is 3.13. The zero-order chi connectivity index (χ0) is 43.6. The standard InChI is InChI=1S/C46H55N8O7P/c1-32(2)54(33(3)4)62(59-25-11-22-47)61-40-28-42(53-31-50-43-44(48-30-49-45(43)53)51-34(5)52-23-26-57-27-24-52)60-41(40)29-58-46(35-12-9-8-10-13-35,36-14-18-38(55-6)19-15-36)37-16-20-39(56-7)21-17-37/h8-10,12-21,30-33,42H,11,23-29H2,1-7H3/t42-,62?/m1/s1. The van der Waals surface area contributed by atoms with Gasteiger partial charge in [-0.3, -0.25) is 4.57 Å². The van der Waals surface area contributed by atoms with E-state index in [2.05, 4.69) is 65.4 Å². The smallest absolute Gasteiger partial charge is 0.321 e. The molecule has 7 rings (SSSR count). The second-order valence-electron chi connectivity index (χ2n) is 15.3. The van der Waals surface area contributed by atoms with Crippen molar-refractivity contribution in [1.82, 2.24) is 29.1 Å². The molecule has 0 saturated carbocycles. The molecule has 0 aliphatic carbocycles. The van der Waals surface area contributed by atoms with Crippen molar-refractivity contribution in [3.63, 3.8) is 0 Å². The summed E-state index contributed by atoms with van der Waals surface area (Å²) in [6.45, 7) is 13.4. The van der Waals surface area contributed by atoms with Crippen LogP contribution in [0.2, 0.25) is 0 Å². The van der Waals surface area contributed by atoms with Crippen molar-refractivity contribution >= 4 is 31.3 Å². The van der Waals surface area contributed by atoms with Crippen LogP contribution in [0, 0.1) is 11.3 Å². The first-order valence-electron chi connectivity index (χ1n) is 20.9. The van der Waals surface area contributed by atoms with E-state index in [-0.39, 0.29) is 31.7 Å². The van der Waals surface area contributed by atoms with Gasteiger partial charge in [0, 0.05) is 25.2 Å². The normalized spacial score (nSPS) is 16.6. The largest absolute Gasteiger partial charge is 0.497 e. The van der Waals surface area contributed by atoms with E-state index in [1.165, 1.54) is 6.33 Å². The first kappa shape index (κ1) is 44.4. The molecule has 0 amide bonds. The Kier molecular flexibility index (Phi) is 14.7. The van der Waals surface area contributed by atoms with E-state index in [9.17, 15) is 5.26 Å². The molecule has 15 nitrogen and oxygen atoms in total. The monoisotopic (exact) mass is 862 g/mol. The lowest BCUT2D eigenvalue weighted by Crippen LogP contribution is -2.39. The third-order valence-electron chi connectivity index (χ3n) is 10.8. The molecule has 1 saturated heterocycles. The Morgan fingerprint density at radius 3 is 2.13 bits per heavy atom. The van der Waals surface area contributed by atoms with E-state index >= 15 is 0 Å². The Hall–Kier alpha value is -5.62. The number of imidazole rings is 1. The fourth-order valence-electron chi connectivity index (χ4n) is 7.77. The van der Waals surface area contributed by atoms with Crippen LogP contribution in [0.1, 0.15) is 70.4 Å². The fraction of sp³-hybridized carbons (Fsp3) is 0.413. The van der Waals surface area contributed by atoms with Gasteiger partial charge in [0.1, 0.15) is 42.2 Å². The Bertz CT molecular complexity index is 2290. The number of methoxy groups -OCH3 is 2. The van der Waals surface area contributed by atoms with Crippen molar-refractivity contribution in [2.24, 2.45) is 4.99 Å². The topological polar surface area (TPSA) is 151 Å². The molecule has 1 unspecified atom stereocenters. The highest BCUT2D eigenvalue weighted by Gasteiger charge is 2.41. The first-order valence-corrected chi connectivity index (χ1v) is 22.0. The number of benzene rings is 3. The molecule has 2 atom stereocenters. The number of nitrogens with zero attached hydrogens (tertiary/aromatic N) is 8. The Balaban J connectivity index is 1.31. The molecule has 2 aliphatic rings. The second-order valence-corrected chi connectivity index (χ2v) is 16.7. The maximum atomic E-state index is 9.44. The third-order valence-corrected chi connectivity index (χ3v) is 12.9. The van der Waals surface area contributed by atoms with E-state index in [4.69, 9.17) is 42.7 Å². The number of hydrogen-bond donors (Lipinski definition) is 0. The number of aliphatic imine (C=N–C) groups is 1. The number of hydrogen-bond acceptors (Lipinski definition) is 13. The molecular weight excluding hydrogens is 808 g/mol. The van der Waals surface area contributed by atoms with Crippen molar-refractivity contribution in [2.45, 2.75) is 71.4 Å².